The van der Waals surface area contributed by atoms with Gasteiger partial charge in [0.1, 0.15) is 5.75 Å². The van der Waals surface area contributed by atoms with E-state index in [2.05, 4.69) is 5.32 Å². The Bertz CT molecular complexity index is 669. The van der Waals surface area contributed by atoms with Gasteiger partial charge < -0.3 is 15.5 Å². The Hall–Kier alpha value is -2.33. The van der Waals surface area contributed by atoms with Crippen LogP contribution in [0.25, 0.3) is 0 Å². The third-order valence-corrected chi connectivity index (χ3v) is 3.86. The minimum atomic E-state index is -0.601. The number of hydrogen-bond donors (Lipinski definition) is 3. The van der Waals surface area contributed by atoms with Gasteiger partial charge in [0, 0.05) is 12.0 Å². The summed E-state index contributed by atoms with van der Waals surface area (Å²) < 4.78 is 0. The van der Waals surface area contributed by atoms with Crippen LogP contribution in [0.4, 0.5) is 0 Å². The second kappa shape index (κ2) is 5.58. The average Bonchev–Trinajstić information content (AvgIpc) is 2.78. The number of nitrogens with one attached hydrogen (secondary N) is 1. The number of aromatic hydroxyl groups is 1. The lowest BCUT2D eigenvalue weighted by atomic mass is 10.1. The van der Waals surface area contributed by atoms with Gasteiger partial charge in [-0.15, -0.1) is 0 Å². The molecule has 21 heavy (non-hydrogen) atoms. The molecule has 2 aromatic carbocycles. The van der Waals surface area contributed by atoms with Crippen molar-refractivity contribution >= 4 is 5.91 Å². The van der Waals surface area contributed by atoms with Crippen molar-refractivity contribution in [3.63, 3.8) is 0 Å². The summed E-state index contributed by atoms with van der Waals surface area (Å²) in [5, 5.41) is 22.7. The van der Waals surface area contributed by atoms with Crippen LogP contribution in [-0.2, 0) is 17.6 Å². The molecule has 3 rings (SSSR count). The zero-order valence-corrected chi connectivity index (χ0v) is 11.5. The maximum atomic E-state index is 12.1. The number of rotatable bonds is 3. The summed E-state index contributed by atoms with van der Waals surface area (Å²) in [6.45, 7) is 0. The smallest absolute Gasteiger partial charge is 0.225 e. The number of fused-ring (bicyclic) bond motifs is 1. The largest absolute Gasteiger partial charge is 0.508 e. The second-order valence-electron chi connectivity index (χ2n) is 5.32. The van der Waals surface area contributed by atoms with E-state index in [0.717, 1.165) is 11.1 Å². The number of aliphatic hydroxyl groups excluding tert-OH is 1. The van der Waals surface area contributed by atoms with Gasteiger partial charge >= 0.3 is 0 Å². The van der Waals surface area contributed by atoms with Crippen LogP contribution in [0.3, 0.4) is 0 Å². The van der Waals surface area contributed by atoms with Gasteiger partial charge in [-0.2, -0.15) is 0 Å². The van der Waals surface area contributed by atoms with E-state index in [1.807, 2.05) is 24.3 Å². The molecular formula is C17H17NO3. The number of amides is 1. The number of carbonyl (C=O) groups excluding carboxylic acids is 1. The molecule has 1 amide bonds. The maximum Gasteiger partial charge on any atom is 0.225 e. The third-order valence-electron chi connectivity index (χ3n) is 3.86. The highest BCUT2D eigenvalue weighted by atomic mass is 16.3. The molecule has 0 unspecified atom stereocenters. The van der Waals surface area contributed by atoms with E-state index in [1.165, 1.54) is 0 Å². The van der Waals surface area contributed by atoms with Crippen molar-refractivity contribution in [2.45, 2.75) is 25.0 Å². The van der Waals surface area contributed by atoms with Gasteiger partial charge in [0.25, 0.3) is 0 Å². The molecule has 0 saturated carbocycles. The summed E-state index contributed by atoms with van der Waals surface area (Å²) in [6.07, 6.45) is 0.0474. The summed E-state index contributed by atoms with van der Waals surface area (Å²) in [5.41, 5.74) is 2.62. The van der Waals surface area contributed by atoms with Crippen molar-refractivity contribution in [1.29, 1.82) is 0 Å². The molecule has 0 spiro atoms. The maximum absolute atomic E-state index is 12.1. The van der Waals surface area contributed by atoms with Crippen molar-refractivity contribution in [3.05, 3.63) is 65.2 Å². The minimum Gasteiger partial charge on any atom is -0.508 e. The number of phenols is 1. The lowest BCUT2D eigenvalue weighted by Crippen LogP contribution is -2.34. The SMILES string of the molecule is O=C(Cc1ccccc1O)N[C@H]1c2ccccc2C[C@H]1O. The number of carbonyl (C=O) groups is 1. The topological polar surface area (TPSA) is 69.6 Å². The van der Waals surface area contributed by atoms with E-state index in [9.17, 15) is 15.0 Å². The lowest BCUT2D eigenvalue weighted by Gasteiger charge is -2.18. The Labute approximate surface area is 123 Å². The van der Waals surface area contributed by atoms with E-state index in [1.54, 1.807) is 24.3 Å². The molecule has 0 heterocycles. The van der Waals surface area contributed by atoms with Gasteiger partial charge in [-0.25, -0.2) is 0 Å². The number of aliphatic hydroxyl groups is 1. The fourth-order valence-electron chi connectivity index (χ4n) is 2.81. The van der Waals surface area contributed by atoms with E-state index in [0.29, 0.717) is 12.0 Å². The van der Waals surface area contributed by atoms with Gasteiger partial charge in [0.15, 0.2) is 0 Å². The van der Waals surface area contributed by atoms with E-state index in [-0.39, 0.29) is 24.1 Å². The van der Waals surface area contributed by atoms with Crippen LogP contribution in [0.15, 0.2) is 48.5 Å². The fraction of sp³-hybridized carbons (Fsp3) is 0.235. The molecule has 0 fully saturated rings. The van der Waals surface area contributed by atoms with Crippen molar-refractivity contribution < 1.29 is 15.0 Å². The molecule has 3 N–H and O–H groups in total. The molecule has 2 atom stereocenters. The first-order valence-corrected chi connectivity index (χ1v) is 6.97. The van der Waals surface area contributed by atoms with Crippen LogP contribution in [0.5, 0.6) is 5.75 Å². The second-order valence-corrected chi connectivity index (χ2v) is 5.32. The van der Waals surface area contributed by atoms with Crippen molar-refractivity contribution in [1.82, 2.24) is 5.32 Å². The first-order chi connectivity index (χ1) is 10.1. The van der Waals surface area contributed by atoms with Gasteiger partial charge in [-0.1, -0.05) is 42.5 Å². The number of benzene rings is 2. The van der Waals surface area contributed by atoms with Crippen molar-refractivity contribution in [3.8, 4) is 5.75 Å². The van der Waals surface area contributed by atoms with Crippen LogP contribution >= 0.6 is 0 Å². The summed E-state index contributed by atoms with van der Waals surface area (Å²) in [7, 11) is 0. The molecular weight excluding hydrogens is 266 g/mol. The third kappa shape index (κ3) is 2.76. The Morgan fingerprint density at radius 1 is 1.14 bits per heavy atom. The normalized spacial score (nSPS) is 20.0. The first kappa shape index (κ1) is 13.6. The summed E-state index contributed by atoms with van der Waals surface area (Å²) in [5.74, 6) is -0.0997. The molecule has 0 saturated heterocycles. The Balaban J connectivity index is 1.72. The fourth-order valence-corrected chi connectivity index (χ4v) is 2.81. The van der Waals surface area contributed by atoms with Crippen molar-refractivity contribution in [2.24, 2.45) is 0 Å². The molecule has 108 valence electrons. The summed E-state index contributed by atoms with van der Waals surface area (Å²) in [6, 6.07) is 14.1. The molecule has 2 aromatic rings. The average molecular weight is 283 g/mol. The van der Waals surface area contributed by atoms with E-state index >= 15 is 0 Å². The van der Waals surface area contributed by atoms with Crippen LogP contribution in [0.2, 0.25) is 0 Å². The van der Waals surface area contributed by atoms with Crippen LogP contribution in [0, 0.1) is 0 Å². The molecule has 0 radical (unpaired) electrons. The van der Waals surface area contributed by atoms with Crippen LogP contribution in [0.1, 0.15) is 22.7 Å². The molecule has 4 heteroatoms. The van der Waals surface area contributed by atoms with Gasteiger partial charge in [-0.3, -0.25) is 4.79 Å². The Morgan fingerprint density at radius 3 is 2.67 bits per heavy atom. The van der Waals surface area contributed by atoms with Gasteiger partial charge in [0.05, 0.1) is 18.6 Å². The molecule has 0 bridgehead atoms. The highest BCUT2D eigenvalue weighted by Gasteiger charge is 2.31. The molecule has 4 nitrogen and oxygen atoms in total. The summed E-state index contributed by atoms with van der Waals surface area (Å²) >= 11 is 0. The number of phenolic OH excluding ortho intramolecular Hbond substituents is 1. The highest BCUT2D eigenvalue weighted by molar-refractivity contribution is 5.80. The van der Waals surface area contributed by atoms with Crippen molar-refractivity contribution in [2.75, 3.05) is 0 Å². The zero-order valence-electron chi connectivity index (χ0n) is 11.5. The van der Waals surface area contributed by atoms with Gasteiger partial charge in [0.2, 0.25) is 5.91 Å². The van der Waals surface area contributed by atoms with Gasteiger partial charge in [-0.05, 0) is 17.2 Å². The van der Waals surface area contributed by atoms with Crippen LogP contribution < -0.4 is 5.32 Å². The number of para-hydroxylation sites is 1. The van der Waals surface area contributed by atoms with Crippen LogP contribution in [-0.4, -0.2) is 22.2 Å². The predicted octanol–water partition coefficient (Wildman–Crippen LogP) is 1.71. The molecule has 1 aliphatic rings. The quantitative estimate of drug-likeness (QED) is 0.803. The van der Waals surface area contributed by atoms with E-state index in [4.69, 9.17) is 0 Å². The van der Waals surface area contributed by atoms with E-state index < -0.39 is 6.10 Å². The number of hydrogen-bond acceptors (Lipinski definition) is 3. The molecule has 0 aromatic heterocycles. The Kier molecular flexibility index (Phi) is 3.62. The standard InChI is InChI=1S/C17H17NO3/c19-14-8-4-2-6-12(14)10-16(21)18-17-13-7-3-1-5-11(13)9-15(17)20/h1-8,15,17,19-20H,9-10H2,(H,18,21)/t15-,17+/m1/s1. The monoisotopic (exact) mass is 283 g/mol. The molecule has 0 aliphatic heterocycles. The first-order valence-electron chi connectivity index (χ1n) is 6.97. The zero-order chi connectivity index (χ0) is 14.8. The molecule has 1 aliphatic carbocycles. The Morgan fingerprint density at radius 2 is 1.86 bits per heavy atom. The lowest BCUT2D eigenvalue weighted by molar-refractivity contribution is -0.122. The highest BCUT2D eigenvalue weighted by Crippen LogP contribution is 2.31. The predicted molar refractivity (Wildman–Crippen MR) is 78.8 cm³/mol. The minimum absolute atomic E-state index is 0.0953. The summed E-state index contributed by atoms with van der Waals surface area (Å²) in [4.78, 5) is 12.1.